The number of hydrogen-bond acceptors (Lipinski definition) is 5. The summed E-state index contributed by atoms with van der Waals surface area (Å²) in [5, 5.41) is 7.08. The maximum atomic E-state index is 12.7. The lowest BCUT2D eigenvalue weighted by atomic mass is 10.2. The normalized spacial score (nSPS) is 10.6. The molecule has 4 aromatic rings. The standard InChI is InChI=1S/C25H21ClN2O3S2/c1-30-19-11-12-20-21(15-19)33-23(22(20)26)24(29)28-25(32)27-17-7-9-18(10-8-17)31-14-13-16-5-3-2-4-6-16/h2-12,15H,13-14H2,1H3,(H2,27,28,29,32). The van der Waals surface area contributed by atoms with Crippen molar-refractivity contribution in [3.05, 3.63) is 88.3 Å². The third-order valence-electron chi connectivity index (χ3n) is 4.88. The van der Waals surface area contributed by atoms with Crippen molar-refractivity contribution >= 4 is 61.9 Å². The summed E-state index contributed by atoms with van der Waals surface area (Å²) in [6.07, 6.45) is 0.837. The van der Waals surface area contributed by atoms with Gasteiger partial charge in [-0.3, -0.25) is 10.1 Å². The Balaban J connectivity index is 1.31. The zero-order chi connectivity index (χ0) is 23.2. The van der Waals surface area contributed by atoms with Crippen molar-refractivity contribution in [2.45, 2.75) is 6.42 Å². The number of amides is 1. The number of carbonyl (C=O) groups is 1. The topological polar surface area (TPSA) is 59.6 Å². The molecule has 0 atom stereocenters. The first kappa shape index (κ1) is 23.0. The Bertz CT molecular complexity index is 1270. The van der Waals surface area contributed by atoms with Crippen LogP contribution in [0, 0.1) is 0 Å². The van der Waals surface area contributed by atoms with Crippen LogP contribution in [-0.4, -0.2) is 24.7 Å². The lowest BCUT2D eigenvalue weighted by Gasteiger charge is -2.10. The van der Waals surface area contributed by atoms with Gasteiger partial charge < -0.3 is 14.8 Å². The molecule has 8 heteroatoms. The Kier molecular flexibility index (Phi) is 7.44. The molecule has 0 saturated carbocycles. The van der Waals surface area contributed by atoms with Crippen LogP contribution in [-0.2, 0) is 6.42 Å². The number of thiocarbonyl (C=S) groups is 1. The number of thiophene rings is 1. The summed E-state index contributed by atoms with van der Waals surface area (Å²) in [6, 6.07) is 23.1. The van der Waals surface area contributed by atoms with Crippen LogP contribution in [0.2, 0.25) is 5.02 Å². The van der Waals surface area contributed by atoms with E-state index in [-0.39, 0.29) is 11.0 Å². The van der Waals surface area contributed by atoms with E-state index in [1.54, 1.807) is 7.11 Å². The van der Waals surface area contributed by atoms with Crippen molar-refractivity contribution in [1.29, 1.82) is 0 Å². The lowest BCUT2D eigenvalue weighted by molar-refractivity contribution is 0.0982. The molecule has 2 N–H and O–H groups in total. The van der Waals surface area contributed by atoms with E-state index in [0.29, 0.717) is 22.3 Å². The van der Waals surface area contributed by atoms with Gasteiger partial charge in [0.25, 0.3) is 5.91 Å². The van der Waals surface area contributed by atoms with Gasteiger partial charge in [0.05, 0.1) is 18.7 Å². The van der Waals surface area contributed by atoms with E-state index in [4.69, 9.17) is 33.3 Å². The minimum absolute atomic E-state index is 0.184. The molecule has 4 rings (SSSR count). The van der Waals surface area contributed by atoms with Gasteiger partial charge >= 0.3 is 0 Å². The summed E-state index contributed by atoms with van der Waals surface area (Å²) in [7, 11) is 1.59. The second-order valence-electron chi connectivity index (χ2n) is 7.12. The first-order chi connectivity index (χ1) is 16.0. The molecule has 33 heavy (non-hydrogen) atoms. The summed E-state index contributed by atoms with van der Waals surface area (Å²) < 4.78 is 11.9. The first-order valence-corrected chi connectivity index (χ1v) is 11.8. The lowest BCUT2D eigenvalue weighted by Crippen LogP contribution is -2.33. The van der Waals surface area contributed by atoms with Crippen molar-refractivity contribution in [2.75, 3.05) is 19.0 Å². The molecule has 0 fully saturated rings. The maximum Gasteiger partial charge on any atom is 0.269 e. The molecule has 1 amide bonds. The van der Waals surface area contributed by atoms with Gasteiger partial charge in [0.2, 0.25) is 0 Å². The molecule has 168 valence electrons. The van der Waals surface area contributed by atoms with E-state index in [1.807, 2.05) is 60.7 Å². The van der Waals surface area contributed by atoms with Crippen LogP contribution in [0.1, 0.15) is 15.2 Å². The second kappa shape index (κ2) is 10.7. The molecule has 0 bridgehead atoms. The predicted octanol–water partition coefficient (Wildman–Crippen LogP) is 6.31. The average molecular weight is 497 g/mol. The number of fused-ring (bicyclic) bond motifs is 1. The van der Waals surface area contributed by atoms with Gasteiger partial charge in [-0.1, -0.05) is 41.9 Å². The smallest absolute Gasteiger partial charge is 0.269 e. The number of hydrogen-bond donors (Lipinski definition) is 2. The van der Waals surface area contributed by atoms with Gasteiger partial charge in [-0.05, 0) is 60.2 Å². The summed E-state index contributed by atoms with van der Waals surface area (Å²) >= 11 is 13.0. The maximum absolute atomic E-state index is 12.7. The van der Waals surface area contributed by atoms with Crippen LogP contribution in [0.4, 0.5) is 5.69 Å². The SMILES string of the molecule is COc1ccc2c(Cl)c(C(=O)NC(=S)Nc3ccc(OCCc4ccccc4)cc3)sc2c1. The molecule has 0 aliphatic rings. The van der Waals surface area contributed by atoms with Crippen molar-refractivity contribution in [3.8, 4) is 11.5 Å². The third kappa shape index (κ3) is 5.82. The van der Waals surface area contributed by atoms with Crippen molar-refractivity contribution in [1.82, 2.24) is 5.32 Å². The van der Waals surface area contributed by atoms with Crippen LogP contribution < -0.4 is 20.1 Å². The highest BCUT2D eigenvalue weighted by Crippen LogP contribution is 2.37. The summed E-state index contributed by atoms with van der Waals surface area (Å²) in [5.41, 5.74) is 1.97. The number of benzene rings is 3. The van der Waals surface area contributed by atoms with Crippen LogP contribution in [0.5, 0.6) is 11.5 Å². The fourth-order valence-corrected chi connectivity index (χ4v) is 4.86. The van der Waals surface area contributed by atoms with Crippen molar-refractivity contribution in [2.24, 2.45) is 0 Å². The van der Waals surface area contributed by atoms with Gasteiger partial charge in [-0.15, -0.1) is 11.3 Å². The number of ether oxygens (including phenoxy) is 2. The Hall–Kier alpha value is -3.13. The molecular formula is C25H21ClN2O3S2. The molecule has 3 aromatic carbocycles. The van der Waals surface area contributed by atoms with Gasteiger partial charge in [0.15, 0.2) is 5.11 Å². The van der Waals surface area contributed by atoms with E-state index >= 15 is 0 Å². The molecule has 1 aromatic heterocycles. The van der Waals surface area contributed by atoms with Crippen molar-refractivity contribution < 1.29 is 14.3 Å². The van der Waals surface area contributed by atoms with E-state index < -0.39 is 0 Å². The Morgan fingerprint density at radius 2 is 1.76 bits per heavy atom. The molecule has 0 aliphatic heterocycles. The Morgan fingerprint density at radius 1 is 1.03 bits per heavy atom. The van der Waals surface area contributed by atoms with Crippen molar-refractivity contribution in [3.63, 3.8) is 0 Å². The molecule has 0 unspecified atom stereocenters. The van der Waals surface area contributed by atoms with E-state index in [1.165, 1.54) is 16.9 Å². The molecule has 0 radical (unpaired) electrons. The minimum atomic E-state index is -0.362. The zero-order valence-electron chi connectivity index (χ0n) is 17.8. The van der Waals surface area contributed by atoms with E-state index in [9.17, 15) is 4.79 Å². The summed E-state index contributed by atoms with van der Waals surface area (Å²) in [5.74, 6) is 1.11. The molecule has 0 saturated heterocycles. The van der Waals surface area contributed by atoms with Crippen LogP contribution in [0.25, 0.3) is 10.1 Å². The fourth-order valence-electron chi connectivity index (χ4n) is 3.21. The van der Waals surface area contributed by atoms with Gasteiger partial charge in [0.1, 0.15) is 16.4 Å². The monoisotopic (exact) mass is 496 g/mol. The zero-order valence-corrected chi connectivity index (χ0v) is 20.2. The summed E-state index contributed by atoms with van der Waals surface area (Å²) in [6.45, 7) is 0.590. The first-order valence-electron chi connectivity index (χ1n) is 10.2. The average Bonchev–Trinajstić information content (AvgIpc) is 3.16. The van der Waals surface area contributed by atoms with Gasteiger partial charge in [0, 0.05) is 22.2 Å². The highest BCUT2D eigenvalue weighted by Gasteiger charge is 2.18. The predicted molar refractivity (Wildman–Crippen MR) is 139 cm³/mol. The van der Waals surface area contributed by atoms with E-state index in [2.05, 4.69) is 22.8 Å². The molecule has 1 heterocycles. The van der Waals surface area contributed by atoms with Gasteiger partial charge in [-0.2, -0.15) is 0 Å². The minimum Gasteiger partial charge on any atom is -0.497 e. The molecular weight excluding hydrogens is 476 g/mol. The quantitative estimate of drug-likeness (QED) is 0.293. The second-order valence-corrected chi connectivity index (χ2v) is 8.96. The number of nitrogens with one attached hydrogen (secondary N) is 2. The Morgan fingerprint density at radius 3 is 2.48 bits per heavy atom. The van der Waals surface area contributed by atoms with Gasteiger partial charge in [-0.25, -0.2) is 0 Å². The fraction of sp³-hybridized carbons (Fsp3) is 0.120. The molecule has 5 nitrogen and oxygen atoms in total. The highest BCUT2D eigenvalue weighted by atomic mass is 35.5. The Labute approximate surface area is 206 Å². The van der Waals surface area contributed by atoms with Crippen LogP contribution >= 0.6 is 35.2 Å². The number of anilines is 1. The highest BCUT2D eigenvalue weighted by molar-refractivity contribution is 7.80. The largest absolute Gasteiger partial charge is 0.497 e. The summed E-state index contributed by atoms with van der Waals surface area (Å²) in [4.78, 5) is 13.1. The van der Waals surface area contributed by atoms with Crippen LogP contribution in [0.3, 0.4) is 0 Å². The third-order valence-corrected chi connectivity index (χ3v) is 6.74. The number of rotatable bonds is 7. The van der Waals surface area contributed by atoms with E-state index in [0.717, 1.165) is 27.9 Å². The molecule has 0 aliphatic carbocycles. The van der Waals surface area contributed by atoms with Crippen LogP contribution in [0.15, 0.2) is 72.8 Å². The number of carbonyl (C=O) groups excluding carboxylic acids is 1. The number of halogens is 1. The molecule has 0 spiro atoms. The number of methoxy groups -OCH3 is 1.